The average molecular weight is 479 g/mol. The number of sulfonamides is 1. The number of piperidine rings is 1. The molecule has 0 aliphatic carbocycles. The van der Waals surface area contributed by atoms with Gasteiger partial charge in [0.1, 0.15) is 4.90 Å². The van der Waals surface area contributed by atoms with E-state index >= 15 is 0 Å². The standard InChI is InChI=1S/C23H27ClN2O5S/c1-31-22(27)12-15-25(17-18-8-4-2-5-9-18)23(28)19-10-11-20(24)21(16-19)32(29,30)26-13-6-3-7-14-26/h2,4-5,8-11,16H,3,6-7,12-15,17H2,1H3. The quantitative estimate of drug-likeness (QED) is 0.540. The summed E-state index contributed by atoms with van der Waals surface area (Å²) in [4.78, 5) is 26.4. The van der Waals surface area contributed by atoms with Crippen molar-refractivity contribution < 1.29 is 22.7 Å². The molecule has 7 nitrogen and oxygen atoms in total. The van der Waals surface area contributed by atoms with Crippen LogP contribution in [0.1, 0.15) is 41.6 Å². The van der Waals surface area contributed by atoms with Gasteiger partial charge in [0.25, 0.3) is 5.91 Å². The molecule has 1 heterocycles. The zero-order chi connectivity index (χ0) is 23.1. The molecule has 0 N–H and O–H groups in total. The SMILES string of the molecule is COC(=O)CCN(Cc1ccccc1)C(=O)c1ccc(Cl)c(S(=O)(=O)N2CCCCC2)c1. The van der Waals surface area contributed by atoms with Gasteiger partial charge in [-0.05, 0) is 36.6 Å². The monoisotopic (exact) mass is 478 g/mol. The molecule has 172 valence electrons. The number of nitrogens with zero attached hydrogens (tertiary/aromatic N) is 2. The Morgan fingerprint density at radius 3 is 2.41 bits per heavy atom. The van der Waals surface area contributed by atoms with Crippen molar-refractivity contribution in [2.24, 2.45) is 0 Å². The molecule has 9 heteroatoms. The van der Waals surface area contributed by atoms with Crippen molar-refractivity contribution in [1.82, 2.24) is 9.21 Å². The van der Waals surface area contributed by atoms with E-state index in [2.05, 4.69) is 0 Å². The van der Waals surface area contributed by atoms with Crippen LogP contribution >= 0.6 is 11.6 Å². The summed E-state index contributed by atoms with van der Waals surface area (Å²) in [5, 5.41) is 0.0799. The van der Waals surface area contributed by atoms with E-state index in [1.807, 2.05) is 30.3 Å². The molecule has 1 aliphatic rings. The van der Waals surface area contributed by atoms with Crippen LogP contribution in [0.5, 0.6) is 0 Å². The summed E-state index contributed by atoms with van der Waals surface area (Å²) in [7, 11) is -2.51. The summed E-state index contributed by atoms with van der Waals surface area (Å²) >= 11 is 6.24. The van der Waals surface area contributed by atoms with Crippen molar-refractivity contribution in [2.75, 3.05) is 26.7 Å². The minimum absolute atomic E-state index is 0.0294. The fraction of sp³-hybridized carbons (Fsp3) is 0.391. The van der Waals surface area contributed by atoms with Crippen LogP contribution in [0.15, 0.2) is 53.4 Å². The second-order valence-electron chi connectivity index (χ2n) is 7.65. The van der Waals surface area contributed by atoms with E-state index in [0.717, 1.165) is 24.8 Å². The summed E-state index contributed by atoms with van der Waals surface area (Å²) in [6, 6.07) is 13.7. The van der Waals surface area contributed by atoms with Crippen LogP contribution in [0.25, 0.3) is 0 Å². The fourth-order valence-corrected chi connectivity index (χ4v) is 5.66. The maximum absolute atomic E-state index is 13.3. The average Bonchev–Trinajstić information content (AvgIpc) is 2.82. The van der Waals surface area contributed by atoms with Gasteiger partial charge in [-0.1, -0.05) is 48.4 Å². The summed E-state index contributed by atoms with van der Waals surface area (Å²) < 4.78 is 32.4. The number of rotatable bonds is 8. The third kappa shape index (κ3) is 5.88. The molecule has 2 aromatic carbocycles. The number of esters is 1. The summed E-state index contributed by atoms with van der Waals surface area (Å²) in [5.41, 5.74) is 1.09. The Bertz CT molecular complexity index is 1050. The lowest BCUT2D eigenvalue weighted by Crippen LogP contribution is -2.36. The molecular formula is C23H27ClN2O5S. The molecule has 0 unspecified atom stereocenters. The number of carbonyl (C=O) groups is 2. The van der Waals surface area contributed by atoms with Gasteiger partial charge in [-0.25, -0.2) is 8.42 Å². The van der Waals surface area contributed by atoms with Crippen molar-refractivity contribution >= 4 is 33.5 Å². The highest BCUT2D eigenvalue weighted by Crippen LogP contribution is 2.28. The number of carbonyl (C=O) groups excluding carboxylic acids is 2. The fourth-order valence-electron chi connectivity index (χ4n) is 3.65. The van der Waals surface area contributed by atoms with Crippen LogP contribution < -0.4 is 0 Å². The minimum atomic E-state index is -3.81. The van der Waals surface area contributed by atoms with Crippen LogP contribution in [-0.2, 0) is 26.1 Å². The van der Waals surface area contributed by atoms with Crippen LogP contribution in [0.4, 0.5) is 0 Å². The molecule has 0 bridgehead atoms. The summed E-state index contributed by atoms with van der Waals surface area (Å²) in [6.07, 6.45) is 2.62. The maximum atomic E-state index is 13.3. The summed E-state index contributed by atoms with van der Waals surface area (Å²) in [5.74, 6) is -0.815. The molecule has 1 amide bonds. The highest BCUT2D eigenvalue weighted by Gasteiger charge is 2.29. The zero-order valence-corrected chi connectivity index (χ0v) is 19.6. The Balaban J connectivity index is 1.89. The van der Waals surface area contributed by atoms with Crippen molar-refractivity contribution in [3.63, 3.8) is 0 Å². The Labute approximate surface area is 194 Å². The Kier molecular flexibility index (Phi) is 8.28. The Morgan fingerprint density at radius 2 is 1.75 bits per heavy atom. The number of amides is 1. The smallest absolute Gasteiger partial charge is 0.307 e. The third-order valence-corrected chi connectivity index (χ3v) is 7.81. The lowest BCUT2D eigenvalue weighted by atomic mass is 10.1. The number of benzene rings is 2. The maximum Gasteiger partial charge on any atom is 0.307 e. The topological polar surface area (TPSA) is 84.0 Å². The minimum Gasteiger partial charge on any atom is -0.469 e. The molecule has 3 rings (SSSR count). The van der Waals surface area contributed by atoms with Crippen LogP contribution in [0.2, 0.25) is 5.02 Å². The second-order valence-corrected chi connectivity index (χ2v) is 9.96. The van der Waals surface area contributed by atoms with Gasteiger partial charge in [0.2, 0.25) is 10.0 Å². The second kappa shape index (κ2) is 10.9. The molecular weight excluding hydrogens is 452 g/mol. The zero-order valence-electron chi connectivity index (χ0n) is 18.0. The number of hydrogen-bond acceptors (Lipinski definition) is 5. The largest absolute Gasteiger partial charge is 0.469 e. The predicted octanol–water partition coefficient (Wildman–Crippen LogP) is 3.72. The molecule has 0 saturated carbocycles. The van der Waals surface area contributed by atoms with Crippen molar-refractivity contribution in [1.29, 1.82) is 0 Å². The number of hydrogen-bond donors (Lipinski definition) is 0. The first-order chi connectivity index (χ1) is 15.3. The first kappa shape index (κ1) is 24.2. The van der Waals surface area contributed by atoms with Gasteiger partial charge >= 0.3 is 5.97 Å². The molecule has 1 aliphatic heterocycles. The van der Waals surface area contributed by atoms with E-state index < -0.39 is 16.0 Å². The molecule has 0 radical (unpaired) electrons. The lowest BCUT2D eigenvalue weighted by molar-refractivity contribution is -0.140. The first-order valence-corrected chi connectivity index (χ1v) is 12.3. The van der Waals surface area contributed by atoms with Gasteiger partial charge in [0.05, 0.1) is 18.6 Å². The van der Waals surface area contributed by atoms with Gasteiger partial charge in [0, 0.05) is 31.7 Å². The van der Waals surface area contributed by atoms with Crippen molar-refractivity contribution in [3.05, 3.63) is 64.7 Å². The first-order valence-electron chi connectivity index (χ1n) is 10.5. The van der Waals surface area contributed by atoms with Gasteiger partial charge in [-0.15, -0.1) is 0 Å². The van der Waals surface area contributed by atoms with E-state index in [1.54, 1.807) is 0 Å². The molecule has 0 aromatic heterocycles. The molecule has 1 saturated heterocycles. The van der Waals surface area contributed by atoms with E-state index in [9.17, 15) is 18.0 Å². The van der Waals surface area contributed by atoms with Crippen LogP contribution in [0, 0.1) is 0 Å². The Morgan fingerprint density at radius 1 is 1.06 bits per heavy atom. The van der Waals surface area contributed by atoms with E-state index in [-0.39, 0.29) is 40.9 Å². The number of ether oxygens (including phenoxy) is 1. The normalized spacial score (nSPS) is 14.7. The van der Waals surface area contributed by atoms with E-state index in [4.69, 9.17) is 16.3 Å². The van der Waals surface area contributed by atoms with E-state index in [1.165, 1.54) is 34.5 Å². The van der Waals surface area contributed by atoms with E-state index in [0.29, 0.717) is 13.1 Å². The summed E-state index contributed by atoms with van der Waals surface area (Å²) in [6.45, 7) is 1.29. The van der Waals surface area contributed by atoms with Crippen molar-refractivity contribution in [2.45, 2.75) is 37.1 Å². The third-order valence-electron chi connectivity index (χ3n) is 5.43. The molecule has 0 atom stereocenters. The van der Waals surface area contributed by atoms with Gasteiger partial charge in [0.15, 0.2) is 0 Å². The predicted molar refractivity (Wildman–Crippen MR) is 122 cm³/mol. The van der Waals surface area contributed by atoms with Crippen molar-refractivity contribution in [3.8, 4) is 0 Å². The number of halogens is 1. The molecule has 1 fully saturated rings. The van der Waals surface area contributed by atoms with Gasteiger partial charge < -0.3 is 9.64 Å². The lowest BCUT2D eigenvalue weighted by Gasteiger charge is -2.27. The van der Waals surface area contributed by atoms with Crippen LogP contribution in [-0.4, -0.2) is 56.2 Å². The highest BCUT2D eigenvalue weighted by atomic mass is 35.5. The Hall–Kier alpha value is -2.42. The number of methoxy groups -OCH3 is 1. The highest BCUT2D eigenvalue weighted by molar-refractivity contribution is 7.89. The molecule has 32 heavy (non-hydrogen) atoms. The van der Waals surface area contributed by atoms with Gasteiger partial charge in [-0.3, -0.25) is 9.59 Å². The van der Waals surface area contributed by atoms with Crippen LogP contribution in [0.3, 0.4) is 0 Å². The van der Waals surface area contributed by atoms with Gasteiger partial charge in [-0.2, -0.15) is 4.31 Å². The molecule has 0 spiro atoms. The molecule has 2 aromatic rings.